The van der Waals surface area contributed by atoms with Crippen molar-refractivity contribution in [1.29, 1.82) is 0 Å². The van der Waals surface area contributed by atoms with E-state index in [1.165, 1.54) is 0 Å². The second kappa shape index (κ2) is 2.02. The van der Waals surface area contributed by atoms with Crippen molar-refractivity contribution < 1.29 is 4.74 Å². The van der Waals surface area contributed by atoms with Gasteiger partial charge in [0, 0.05) is 6.61 Å². The fourth-order valence-electron chi connectivity index (χ4n) is 0.605. The monoisotopic (exact) mass is 101 g/mol. The zero-order chi connectivity index (χ0) is 5.11. The molecule has 0 amide bonds. The lowest BCUT2D eigenvalue weighted by atomic mass is 10.3. The molecule has 1 unspecified atom stereocenters. The van der Waals surface area contributed by atoms with Crippen molar-refractivity contribution in [2.24, 2.45) is 5.18 Å². The van der Waals surface area contributed by atoms with Gasteiger partial charge in [0.05, 0.1) is 6.61 Å². The molecule has 0 aliphatic carbocycles. The Kier molecular flexibility index (Phi) is 1.36. The molecular formula is C4H7NO2. The molecular weight excluding hydrogens is 94.0 g/mol. The van der Waals surface area contributed by atoms with Gasteiger partial charge in [0.1, 0.15) is 6.04 Å². The molecule has 1 aliphatic heterocycles. The van der Waals surface area contributed by atoms with E-state index in [4.69, 9.17) is 4.74 Å². The summed E-state index contributed by atoms with van der Waals surface area (Å²) in [6, 6.07) is -0.0556. The van der Waals surface area contributed by atoms with Gasteiger partial charge in [-0.05, 0) is 6.42 Å². The average Bonchev–Trinajstić information content (AvgIpc) is 2.14. The van der Waals surface area contributed by atoms with Gasteiger partial charge in [-0.25, -0.2) is 0 Å². The van der Waals surface area contributed by atoms with Gasteiger partial charge >= 0.3 is 0 Å². The summed E-state index contributed by atoms with van der Waals surface area (Å²) in [5.41, 5.74) is 0. The van der Waals surface area contributed by atoms with Crippen molar-refractivity contribution in [2.75, 3.05) is 13.2 Å². The lowest BCUT2D eigenvalue weighted by Gasteiger charge is -1.87. The molecule has 40 valence electrons. The maximum Gasteiger partial charge on any atom is 0.117 e. The summed E-state index contributed by atoms with van der Waals surface area (Å²) in [4.78, 5) is 9.68. The Morgan fingerprint density at radius 2 is 2.57 bits per heavy atom. The summed E-state index contributed by atoms with van der Waals surface area (Å²) in [6.07, 6.45) is 0.809. The highest BCUT2D eigenvalue weighted by Crippen LogP contribution is 2.05. The molecule has 0 spiro atoms. The SMILES string of the molecule is O=NC1CCOC1. The van der Waals surface area contributed by atoms with Crippen LogP contribution in [0.4, 0.5) is 0 Å². The Morgan fingerprint density at radius 1 is 1.71 bits per heavy atom. The van der Waals surface area contributed by atoms with E-state index in [1.807, 2.05) is 0 Å². The lowest BCUT2D eigenvalue weighted by molar-refractivity contribution is 0.194. The molecule has 1 aliphatic rings. The standard InChI is InChI=1S/C4H7NO2/c6-5-4-1-2-7-3-4/h4H,1-3H2. The van der Waals surface area contributed by atoms with E-state index in [2.05, 4.69) is 5.18 Å². The first kappa shape index (κ1) is 4.71. The van der Waals surface area contributed by atoms with Gasteiger partial charge in [-0.2, -0.15) is 4.91 Å². The Morgan fingerprint density at radius 3 is 2.86 bits per heavy atom. The van der Waals surface area contributed by atoms with Crippen LogP contribution in [0, 0.1) is 4.91 Å². The first-order valence-electron chi connectivity index (χ1n) is 2.33. The maximum absolute atomic E-state index is 9.68. The van der Waals surface area contributed by atoms with Crippen molar-refractivity contribution in [1.82, 2.24) is 0 Å². The number of hydrogen-bond acceptors (Lipinski definition) is 3. The number of nitrogens with zero attached hydrogens (tertiary/aromatic N) is 1. The highest BCUT2D eigenvalue weighted by Gasteiger charge is 2.14. The molecule has 1 saturated heterocycles. The Labute approximate surface area is 41.6 Å². The molecule has 3 nitrogen and oxygen atoms in total. The summed E-state index contributed by atoms with van der Waals surface area (Å²) >= 11 is 0. The van der Waals surface area contributed by atoms with Gasteiger partial charge < -0.3 is 4.74 Å². The van der Waals surface area contributed by atoms with E-state index in [0.29, 0.717) is 13.2 Å². The molecule has 1 heterocycles. The van der Waals surface area contributed by atoms with E-state index in [9.17, 15) is 4.91 Å². The Hall–Kier alpha value is -0.440. The van der Waals surface area contributed by atoms with Gasteiger partial charge in [0.25, 0.3) is 0 Å². The largest absolute Gasteiger partial charge is 0.379 e. The van der Waals surface area contributed by atoms with Crippen LogP contribution in [0.15, 0.2) is 5.18 Å². The third-order valence-corrected chi connectivity index (χ3v) is 1.05. The molecule has 0 N–H and O–H groups in total. The van der Waals surface area contributed by atoms with Crippen molar-refractivity contribution >= 4 is 0 Å². The zero-order valence-electron chi connectivity index (χ0n) is 3.96. The van der Waals surface area contributed by atoms with Crippen LogP contribution < -0.4 is 0 Å². The quantitative estimate of drug-likeness (QED) is 0.452. The van der Waals surface area contributed by atoms with Crippen molar-refractivity contribution in [3.63, 3.8) is 0 Å². The number of ether oxygens (including phenoxy) is 1. The van der Waals surface area contributed by atoms with Crippen LogP contribution >= 0.6 is 0 Å². The van der Waals surface area contributed by atoms with Crippen LogP contribution in [0.1, 0.15) is 6.42 Å². The van der Waals surface area contributed by atoms with Crippen LogP contribution in [-0.4, -0.2) is 19.3 Å². The smallest absolute Gasteiger partial charge is 0.117 e. The normalized spacial score (nSPS) is 30.6. The first-order chi connectivity index (χ1) is 3.43. The van der Waals surface area contributed by atoms with E-state index < -0.39 is 0 Å². The van der Waals surface area contributed by atoms with Gasteiger partial charge in [-0.3, -0.25) is 0 Å². The summed E-state index contributed by atoms with van der Waals surface area (Å²) in [5.74, 6) is 0. The molecule has 7 heavy (non-hydrogen) atoms. The van der Waals surface area contributed by atoms with E-state index in [-0.39, 0.29) is 6.04 Å². The minimum atomic E-state index is -0.0556. The number of hydrogen-bond donors (Lipinski definition) is 0. The summed E-state index contributed by atoms with van der Waals surface area (Å²) in [7, 11) is 0. The molecule has 0 saturated carbocycles. The zero-order valence-corrected chi connectivity index (χ0v) is 3.96. The second-order valence-electron chi connectivity index (χ2n) is 1.62. The molecule has 1 fully saturated rings. The maximum atomic E-state index is 9.68. The summed E-state index contributed by atoms with van der Waals surface area (Å²) in [6.45, 7) is 1.24. The van der Waals surface area contributed by atoms with E-state index in [1.54, 1.807) is 0 Å². The third kappa shape index (κ3) is 0.962. The summed E-state index contributed by atoms with van der Waals surface area (Å²) in [5, 5.41) is 2.81. The topological polar surface area (TPSA) is 38.7 Å². The molecule has 0 aromatic heterocycles. The third-order valence-electron chi connectivity index (χ3n) is 1.05. The average molecular weight is 101 g/mol. The van der Waals surface area contributed by atoms with Crippen LogP contribution in [0.25, 0.3) is 0 Å². The minimum absolute atomic E-state index is 0.0556. The molecule has 3 heteroatoms. The Balaban J connectivity index is 2.26. The highest BCUT2D eigenvalue weighted by atomic mass is 16.5. The van der Waals surface area contributed by atoms with Crippen LogP contribution in [0.3, 0.4) is 0 Å². The van der Waals surface area contributed by atoms with E-state index in [0.717, 1.165) is 6.42 Å². The molecule has 0 radical (unpaired) electrons. The second-order valence-corrected chi connectivity index (χ2v) is 1.62. The van der Waals surface area contributed by atoms with Crippen LogP contribution in [0.5, 0.6) is 0 Å². The first-order valence-corrected chi connectivity index (χ1v) is 2.33. The predicted molar refractivity (Wildman–Crippen MR) is 25.0 cm³/mol. The van der Waals surface area contributed by atoms with Crippen molar-refractivity contribution in [3.05, 3.63) is 4.91 Å². The fourth-order valence-corrected chi connectivity index (χ4v) is 0.605. The van der Waals surface area contributed by atoms with Crippen molar-refractivity contribution in [3.8, 4) is 0 Å². The minimum Gasteiger partial charge on any atom is -0.379 e. The molecule has 0 bridgehead atoms. The van der Waals surface area contributed by atoms with Gasteiger partial charge in [-0.1, -0.05) is 5.18 Å². The predicted octanol–water partition coefficient (Wildman–Crippen LogP) is 0.542. The molecule has 0 aromatic rings. The lowest BCUT2D eigenvalue weighted by Crippen LogP contribution is -1.99. The van der Waals surface area contributed by atoms with Gasteiger partial charge in [0.15, 0.2) is 0 Å². The van der Waals surface area contributed by atoms with E-state index >= 15 is 0 Å². The fraction of sp³-hybridized carbons (Fsp3) is 1.00. The Bertz CT molecular complexity index is 68.1. The summed E-state index contributed by atoms with van der Waals surface area (Å²) < 4.78 is 4.85. The highest BCUT2D eigenvalue weighted by molar-refractivity contribution is 4.68. The molecule has 1 atom stereocenters. The number of rotatable bonds is 1. The van der Waals surface area contributed by atoms with Crippen LogP contribution in [0.2, 0.25) is 0 Å². The van der Waals surface area contributed by atoms with Gasteiger partial charge in [-0.15, -0.1) is 0 Å². The molecule has 1 rings (SSSR count). The van der Waals surface area contributed by atoms with Crippen LogP contribution in [-0.2, 0) is 4.74 Å². The number of nitroso groups, excluding NO2 is 1. The molecule has 0 aromatic carbocycles. The van der Waals surface area contributed by atoms with Gasteiger partial charge in [0.2, 0.25) is 0 Å². The van der Waals surface area contributed by atoms with Crippen molar-refractivity contribution in [2.45, 2.75) is 12.5 Å².